The van der Waals surface area contributed by atoms with Crippen LogP contribution in [0.4, 0.5) is 0 Å². The highest BCUT2D eigenvalue weighted by Crippen LogP contribution is 2.16. The van der Waals surface area contributed by atoms with Gasteiger partial charge in [0.05, 0.1) is 11.5 Å². The Morgan fingerprint density at radius 1 is 1.41 bits per heavy atom. The van der Waals surface area contributed by atoms with E-state index in [0.29, 0.717) is 5.75 Å². The van der Waals surface area contributed by atoms with Crippen molar-refractivity contribution in [3.05, 3.63) is 29.3 Å². The fourth-order valence-corrected chi connectivity index (χ4v) is 1.26. The molecule has 1 aromatic carbocycles. The van der Waals surface area contributed by atoms with Gasteiger partial charge in [-0.3, -0.25) is 4.79 Å². The molecule has 0 aliphatic heterocycles. The van der Waals surface area contributed by atoms with Crippen LogP contribution in [0.3, 0.4) is 0 Å². The molecular formula is C12H16N2O2S. The van der Waals surface area contributed by atoms with Crippen LogP contribution in [0.15, 0.2) is 18.2 Å². The Bertz CT molecular complexity index is 433. The molecule has 0 unspecified atom stereocenters. The van der Waals surface area contributed by atoms with Crippen molar-refractivity contribution < 1.29 is 9.53 Å². The molecule has 0 atom stereocenters. The van der Waals surface area contributed by atoms with Crippen LogP contribution in [0.5, 0.6) is 5.75 Å². The molecule has 4 nitrogen and oxygen atoms in total. The van der Waals surface area contributed by atoms with Gasteiger partial charge in [0.25, 0.3) is 5.91 Å². The van der Waals surface area contributed by atoms with Crippen LogP contribution in [0, 0.1) is 13.8 Å². The first-order valence-electron chi connectivity index (χ1n) is 5.24. The second-order valence-corrected chi connectivity index (χ2v) is 4.30. The molecule has 0 fully saturated rings. The van der Waals surface area contributed by atoms with Crippen molar-refractivity contribution in [1.82, 2.24) is 5.32 Å². The number of rotatable bonds is 5. The summed E-state index contributed by atoms with van der Waals surface area (Å²) in [6.07, 6.45) is 0. The van der Waals surface area contributed by atoms with Crippen LogP contribution >= 0.6 is 12.2 Å². The van der Waals surface area contributed by atoms with Crippen molar-refractivity contribution in [2.75, 3.05) is 13.2 Å². The van der Waals surface area contributed by atoms with Gasteiger partial charge >= 0.3 is 0 Å². The summed E-state index contributed by atoms with van der Waals surface area (Å²) in [5.41, 5.74) is 7.58. The van der Waals surface area contributed by atoms with Gasteiger partial charge in [-0.25, -0.2) is 0 Å². The number of nitrogens with two attached hydrogens (primary N) is 1. The summed E-state index contributed by atoms with van der Waals surface area (Å²) in [5.74, 6) is 0.439. The number of amides is 1. The van der Waals surface area contributed by atoms with Gasteiger partial charge in [-0.2, -0.15) is 0 Å². The second kappa shape index (κ2) is 6.20. The van der Waals surface area contributed by atoms with Gasteiger partial charge in [0.15, 0.2) is 6.61 Å². The summed E-state index contributed by atoms with van der Waals surface area (Å²) in [6.45, 7) is 4.18. The van der Waals surface area contributed by atoms with Crippen LogP contribution in [0.25, 0.3) is 0 Å². The largest absolute Gasteiger partial charge is 0.484 e. The molecule has 0 saturated carbocycles. The van der Waals surface area contributed by atoms with Gasteiger partial charge in [-0.1, -0.05) is 18.3 Å². The minimum Gasteiger partial charge on any atom is -0.484 e. The van der Waals surface area contributed by atoms with E-state index in [1.165, 1.54) is 5.56 Å². The van der Waals surface area contributed by atoms with Gasteiger partial charge in [0.1, 0.15) is 5.75 Å². The van der Waals surface area contributed by atoms with Crippen LogP contribution in [-0.2, 0) is 4.79 Å². The standard InChI is InChI=1S/C12H16N2O2S/c1-8-3-4-10(5-9(8)2)16-7-12(15)14-6-11(13)17/h3-5H,6-7H2,1-2H3,(H2,13,17)(H,14,15). The lowest BCUT2D eigenvalue weighted by molar-refractivity contribution is -0.122. The van der Waals surface area contributed by atoms with Gasteiger partial charge in [-0.15, -0.1) is 0 Å². The molecule has 0 aromatic heterocycles. The summed E-state index contributed by atoms with van der Waals surface area (Å²) in [5, 5.41) is 2.55. The number of hydrogen-bond acceptors (Lipinski definition) is 3. The Morgan fingerprint density at radius 2 is 2.12 bits per heavy atom. The number of benzene rings is 1. The maximum Gasteiger partial charge on any atom is 0.258 e. The average Bonchev–Trinajstić information content (AvgIpc) is 2.28. The third-order valence-corrected chi connectivity index (χ3v) is 2.45. The van der Waals surface area contributed by atoms with Crippen LogP contribution in [-0.4, -0.2) is 24.0 Å². The number of hydrogen-bond donors (Lipinski definition) is 2. The third kappa shape index (κ3) is 4.82. The molecule has 1 aromatic rings. The predicted octanol–water partition coefficient (Wildman–Crippen LogP) is 1.08. The van der Waals surface area contributed by atoms with Crippen molar-refractivity contribution in [2.45, 2.75) is 13.8 Å². The van der Waals surface area contributed by atoms with E-state index in [0.717, 1.165) is 5.56 Å². The summed E-state index contributed by atoms with van der Waals surface area (Å²) in [4.78, 5) is 11.6. The van der Waals surface area contributed by atoms with Crippen molar-refractivity contribution in [2.24, 2.45) is 5.73 Å². The van der Waals surface area contributed by atoms with E-state index in [9.17, 15) is 4.79 Å². The first-order chi connectivity index (χ1) is 7.99. The SMILES string of the molecule is Cc1ccc(OCC(=O)NCC(N)=S)cc1C. The Labute approximate surface area is 106 Å². The lowest BCUT2D eigenvalue weighted by atomic mass is 10.1. The molecule has 0 aliphatic carbocycles. The van der Waals surface area contributed by atoms with Gasteiger partial charge in [0, 0.05) is 0 Å². The van der Waals surface area contributed by atoms with Crippen molar-refractivity contribution in [1.29, 1.82) is 0 Å². The van der Waals surface area contributed by atoms with E-state index in [1.54, 1.807) is 0 Å². The number of carbonyl (C=O) groups excluding carboxylic acids is 1. The molecule has 0 bridgehead atoms. The van der Waals surface area contributed by atoms with Gasteiger partial charge in [0.2, 0.25) is 0 Å². The molecule has 0 spiro atoms. The number of thiocarbonyl (C=S) groups is 1. The van der Waals surface area contributed by atoms with Crippen molar-refractivity contribution >= 4 is 23.1 Å². The Kier molecular flexibility index (Phi) is 4.90. The van der Waals surface area contributed by atoms with Gasteiger partial charge in [-0.05, 0) is 37.1 Å². The molecule has 5 heteroatoms. The van der Waals surface area contributed by atoms with E-state index >= 15 is 0 Å². The molecule has 0 radical (unpaired) electrons. The lowest BCUT2D eigenvalue weighted by Gasteiger charge is -2.08. The van der Waals surface area contributed by atoms with Crippen molar-refractivity contribution in [3.8, 4) is 5.75 Å². The molecule has 0 saturated heterocycles. The zero-order chi connectivity index (χ0) is 12.8. The molecule has 1 amide bonds. The number of nitrogens with one attached hydrogen (secondary N) is 1. The summed E-state index contributed by atoms with van der Waals surface area (Å²) in [7, 11) is 0. The molecular weight excluding hydrogens is 236 g/mol. The van der Waals surface area contributed by atoms with Crippen molar-refractivity contribution in [3.63, 3.8) is 0 Å². The third-order valence-electron chi connectivity index (χ3n) is 2.31. The number of carbonyl (C=O) groups is 1. The second-order valence-electron chi connectivity index (χ2n) is 3.78. The first-order valence-corrected chi connectivity index (χ1v) is 5.65. The molecule has 0 heterocycles. The van der Waals surface area contributed by atoms with E-state index in [2.05, 4.69) is 17.5 Å². The normalized spacial score (nSPS) is 9.76. The molecule has 0 aliphatic rings. The van der Waals surface area contributed by atoms with E-state index < -0.39 is 0 Å². The molecule has 1 rings (SSSR count). The maximum absolute atomic E-state index is 11.3. The van der Waals surface area contributed by atoms with Crippen LogP contribution < -0.4 is 15.8 Å². The molecule has 17 heavy (non-hydrogen) atoms. The van der Waals surface area contributed by atoms with E-state index in [1.807, 2.05) is 32.0 Å². The monoisotopic (exact) mass is 252 g/mol. The molecule has 3 N–H and O–H groups in total. The highest BCUT2D eigenvalue weighted by molar-refractivity contribution is 7.80. The van der Waals surface area contributed by atoms with Crippen LogP contribution in [0.1, 0.15) is 11.1 Å². The highest BCUT2D eigenvalue weighted by atomic mass is 32.1. The maximum atomic E-state index is 11.3. The number of ether oxygens (including phenoxy) is 1. The minimum atomic E-state index is -0.240. The predicted molar refractivity (Wildman–Crippen MR) is 71.2 cm³/mol. The summed E-state index contributed by atoms with van der Waals surface area (Å²) in [6, 6.07) is 5.69. The zero-order valence-corrected chi connectivity index (χ0v) is 10.8. The minimum absolute atomic E-state index is 0.0366. The van der Waals surface area contributed by atoms with E-state index in [4.69, 9.17) is 10.5 Å². The Hall–Kier alpha value is -1.62. The Balaban J connectivity index is 2.42. The fraction of sp³-hybridized carbons (Fsp3) is 0.333. The number of aryl methyl sites for hydroxylation is 2. The van der Waals surface area contributed by atoms with Crippen LogP contribution in [0.2, 0.25) is 0 Å². The average molecular weight is 252 g/mol. The zero-order valence-electron chi connectivity index (χ0n) is 9.95. The quantitative estimate of drug-likeness (QED) is 0.770. The highest BCUT2D eigenvalue weighted by Gasteiger charge is 2.03. The topological polar surface area (TPSA) is 64.3 Å². The summed E-state index contributed by atoms with van der Waals surface area (Å²) < 4.78 is 5.34. The van der Waals surface area contributed by atoms with E-state index in [-0.39, 0.29) is 24.0 Å². The smallest absolute Gasteiger partial charge is 0.258 e. The summed E-state index contributed by atoms with van der Waals surface area (Å²) >= 11 is 4.65. The van der Waals surface area contributed by atoms with Gasteiger partial charge < -0.3 is 15.8 Å². The first kappa shape index (κ1) is 13.4. The molecule has 92 valence electrons. The Morgan fingerprint density at radius 3 is 2.71 bits per heavy atom. The fourth-order valence-electron chi connectivity index (χ4n) is 1.19. The lowest BCUT2D eigenvalue weighted by Crippen LogP contribution is -2.35.